The Morgan fingerprint density at radius 1 is 1.39 bits per heavy atom. The number of anilines is 1. The normalized spacial score (nSPS) is 20.7. The molecule has 2 rings (SSSR count). The Morgan fingerprint density at radius 2 is 2.11 bits per heavy atom. The van der Waals surface area contributed by atoms with Crippen molar-refractivity contribution in [2.45, 2.75) is 24.3 Å². The van der Waals surface area contributed by atoms with E-state index in [-0.39, 0.29) is 23.5 Å². The number of hydrogen-bond donors (Lipinski definition) is 3. The number of hydrogen-bond acceptors (Lipinski definition) is 4. The first kappa shape index (κ1) is 12.8. The number of benzene rings is 1. The number of aliphatic hydroxyl groups is 1. The van der Waals surface area contributed by atoms with E-state index < -0.39 is 10.0 Å². The summed E-state index contributed by atoms with van der Waals surface area (Å²) in [6.07, 6.45) is 0.630. The predicted molar refractivity (Wildman–Crippen MR) is 69.0 cm³/mol. The van der Waals surface area contributed by atoms with Crippen LogP contribution >= 0.6 is 0 Å². The van der Waals surface area contributed by atoms with Crippen LogP contribution in [0.25, 0.3) is 0 Å². The number of para-hydroxylation sites is 1. The van der Waals surface area contributed by atoms with Crippen molar-refractivity contribution >= 4 is 21.7 Å². The Labute approximate surface area is 106 Å². The molecule has 1 aromatic carbocycles. The molecule has 1 aromatic rings. The van der Waals surface area contributed by atoms with Gasteiger partial charge in [0.25, 0.3) is 10.0 Å². The van der Waals surface area contributed by atoms with Crippen molar-refractivity contribution in [1.29, 1.82) is 0 Å². The van der Waals surface area contributed by atoms with Gasteiger partial charge >= 0.3 is 0 Å². The smallest absolute Gasteiger partial charge is 0.266 e. The molecule has 0 saturated carbocycles. The number of fused-ring (bicyclic) bond motifs is 1. The molecule has 7 heteroatoms. The molecule has 1 aliphatic rings. The number of nitrogens with zero attached hydrogens (tertiary/aromatic N) is 1. The zero-order valence-corrected chi connectivity index (χ0v) is 10.7. The molecular formula is C11H15N3O3S. The molecule has 1 atom stereocenters. The lowest BCUT2D eigenvalue weighted by Gasteiger charge is -2.22. The molecule has 98 valence electrons. The van der Waals surface area contributed by atoms with Gasteiger partial charge in [0.05, 0.1) is 18.3 Å². The van der Waals surface area contributed by atoms with E-state index in [2.05, 4.69) is 15.0 Å². The second-order valence-corrected chi connectivity index (χ2v) is 5.60. The maximum absolute atomic E-state index is 11.9. The van der Waals surface area contributed by atoms with E-state index >= 15 is 0 Å². The zero-order chi connectivity index (χ0) is 13.2. The van der Waals surface area contributed by atoms with E-state index in [1.807, 2.05) is 6.92 Å². The first-order valence-corrected chi connectivity index (χ1v) is 7.12. The summed E-state index contributed by atoms with van der Waals surface area (Å²) in [6.45, 7) is 1.75. The number of nitrogens with one attached hydrogen (secondary N) is 2. The lowest BCUT2D eigenvalue weighted by molar-refractivity contribution is 0.264. The van der Waals surface area contributed by atoms with Crippen LogP contribution in [-0.4, -0.2) is 32.1 Å². The third kappa shape index (κ3) is 2.46. The van der Waals surface area contributed by atoms with Crippen molar-refractivity contribution in [3.05, 3.63) is 24.3 Å². The highest BCUT2D eigenvalue weighted by molar-refractivity contribution is 7.90. The third-order valence-electron chi connectivity index (χ3n) is 2.65. The third-order valence-corrected chi connectivity index (χ3v) is 4.05. The summed E-state index contributed by atoms with van der Waals surface area (Å²) in [7, 11) is -3.58. The van der Waals surface area contributed by atoms with Gasteiger partial charge in [-0.3, -0.25) is 0 Å². The highest BCUT2D eigenvalue weighted by Crippen LogP contribution is 2.23. The largest absolute Gasteiger partial charge is 0.394 e. The highest BCUT2D eigenvalue weighted by atomic mass is 32.2. The average molecular weight is 269 g/mol. The van der Waals surface area contributed by atoms with E-state index in [0.29, 0.717) is 12.1 Å². The van der Waals surface area contributed by atoms with Gasteiger partial charge in [-0.25, -0.2) is 18.1 Å². The van der Waals surface area contributed by atoms with E-state index in [1.165, 1.54) is 6.07 Å². The van der Waals surface area contributed by atoms with Gasteiger partial charge in [0.15, 0.2) is 0 Å². The lowest BCUT2D eigenvalue weighted by atomic mass is 10.2. The van der Waals surface area contributed by atoms with Crippen molar-refractivity contribution < 1.29 is 13.5 Å². The molecule has 1 heterocycles. The van der Waals surface area contributed by atoms with Crippen LogP contribution in [0.15, 0.2) is 34.2 Å². The molecule has 0 aromatic heterocycles. The van der Waals surface area contributed by atoms with E-state index in [9.17, 15) is 8.42 Å². The van der Waals surface area contributed by atoms with Gasteiger partial charge in [0, 0.05) is 0 Å². The van der Waals surface area contributed by atoms with Crippen LogP contribution in [0.2, 0.25) is 0 Å². The summed E-state index contributed by atoms with van der Waals surface area (Å²) in [4.78, 5) is 4.33. The van der Waals surface area contributed by atoms with Crippen LogP contribution in [0.1, 0.15) is 13.3 Å². The van der Waals surface area contributed by atoms with Gasteiger partial charge in [0.1, 0.15) is 4.90 Å². The lowest BCUT2D eigenvalue weighted by Crippen LogP contribution is -2.41. The van der Waals surface area contributed by atoms with E-state index in [4.69, 9.17) is 5.11 Å². The second kappa shape index (κ2) is 4.95. The average Bonchev–Trinajstić information content (AvgIpc) is 2.35. The predicted octanol–water partition coefficient (Wildman–Crippen LogP) is 0.517. The maximum Gasteiger partial charge on any atom is 0.266 e. The molecule has 0 amide bonds. The number of guanidine groups is 1. The topological polar surface area (TPSA) is 90.8 Å². The first-order valence-electron chi connectivity index (χ1n) is 5.64. The molecular weight excluding hydrogens is 254 g/mol. The summed E-state index contributed by atoms with van der Waals surface area (Å²) in [5.74, 6) is 0.148. The minimum Gasteiger partial charge on any atom is -0.394 e. The Balaban J connectivity index is 2.38. The number of aliphatic hydroxyl groups excluding tert-OH is 1. The van der Waals surface area contributed by atoms with Gasteiger partial charge < -0.3 is 10.4 Å². The van der Waals surface area contributed by atoms with Crippen LogP contribution in [0.3, 0.4) is 0 Å². The fourth-order valence-electron chi connectivity index (χ4n) is 1.64. The SMILES string of the molecule is CCC(CO)N=C1Nc2ccccc2S(=O)(=O)N1. The minimum absolute atomic E-state index is 0.120. The molecule has 1 aliphatic heterocycles. The molecule has 0 bridgehead atoms. The van der Waals surface area contributed by atoms with Gasteiger partial charge in [0.2, 0.25) is 5.96 Å². The van der Waals surface area contributed by atoms with Crippen molar-refractivity contribution in [1.82, 2.24) is 4.72 Å². The molecule has 0 aliphatic carbocycles. The van der Waals surface area contributed by atoms with Crippen molar-refractivity contribution in [2.75, 3.05) is 11.9 Å². The number of rotatable bonds is 3. The van der Waals surface area contributed by atoms with Crippen LogP contribution in [-0.2, 0) is 10.0 Å². The number of aliphatic imine (C=N–C) groups is 1. The van der Waals surface area contributed by atoms with Crippen molar-refractivity contribution in [3.63, 3.8) is 0 Å². The molecule has 0 radical (unpaired) electrons. The van der Waals surface area contributed by atoms with Crippen molar-refractivity contribution in [2.24, 2.45) is 4.99 Å². The number of sulfonamides is 1. The fraction of sp³-hybridized carbons (Fsp3) is 0.364. The Bertz CT molecular complexity index is 565. The van der Waals surface area contributed by atoms with Gasteiger partial charge in [-0.15, -0.1) is 0 Å². The first-order chi connectivity index (χ1) is 8.56. The summed E-state index contributed by atoms with van der Waals surface area (Å²) in [6, 6.07) is 6.27. The summed E-state index contributed by atoms with van der Waals surface area (Å²) >= 11 is 0. The maximum atomic E-state index is 11.9. The molecule has 1 unspecified atom stereocenters. The quantitative estimate of drug-likeness (QED) is 0.746. The molecule has 0 saturated heterocycles. The van der Waals surface area contributed by atoms with Gasteiger partial charge in [-0.05, 0) is 18.6 Å². The van der Waals surface area contributed by atoms with Crippen molar-refractivity contribution in [3.8, 4) is 0 Å². The minimum atomic E-state index is -3.58. The van der Waals surface area contributed by atoms with Crippen LogP contribution < -0.4 is 10.0 Å². The monoisotopic (exact) mass is 269 g/mol. The summed E-state index contributed by atoms with van der Waals surface area (Å²) in [5.41, 5.74) is 0.489. The Morgan fingerprint density at radius 3 is 2.78 bits per heavy atom. The van der Waals surface area contributed by atoms with E-state index in [0.717, 1.165) is 0 Å². The van der Waals surface area contributed by atoms with Crippen LogP contribution in [0, 0.1) is 0 Å². The summed E-state index contributed by atoms with van der Waals surface area (Å²) < 4.78 is 26.2. The standard InChI is InChI=1S/C11H15N3O3S/c1-2-8(7-15)12-11-13-9-5-3-4-6-10(9)18(16,17)14-11/h3-6,8,15H,2,7H2,1H3,(H2,12,13,14). The molecule has 6 nitrogen and oxygen atoms in total. The highest BCUT2D eigenvalue weighted by Gasteiger charge is 2.26. The molecule has 3 N–H and O–H groups in total. The second-order valence-electron chi connectivity index (χ2n) is 3.95. The molecule has 0 fully saturated rings. The Kier molecular flexibility index (Phi) is 3.53. The van der Waals surface area contributed by atoms with Gasteiger partial charge in [-0.1, -0.05) is 19.1 Å². The summed E-state index contributed by atoms with van der Waals surface area (Å²) in [5, 5.41) is 12.0. The van der Waals surface area contributed by atoms with Crippen LogP contribution in [0.4, 0.5) is 5.69 Å². The molecule has 18 heavy (non-hydrogen) atoms. The van der Waals surface area contributed by atoms with Gasteiger partial charge in [-0.2, -0.15) is 0 Å². The molecule has 0 spiro atoms. The zero-order valence-electron chi connectivity index (χ0n) is 9.92. The van der Waals surface area contributed by atoms with Crippen LogP contribution in [0.5, 0.6) is 0 Å². The van der Waals surface area contributed by atoms with E-state index in [1.54, 1.807) is 18.2 Å². The Hall–Kier alpha value is -1.60. The fourth-order valence-corrected chi connectivity index (χ4v) is 2.78.